The average Bonchev–Trinajstić information content (AvgIpc) is 2.00. The lowest BCUT2D eigenvalue weighted by Gasteiger charge is -2.01. The Kier molecular flexibility index (Phi) is 6.18. The fraction of sp³-hybridized carbons (Fsp3) is 0.500. The predicted octanol–water partition coefficient (Wildman–Crippen LogP) is 2.67. The van der Waals surface area contributed by atoms with Gasteiger partial charge in [0.25, 0.3) is 0 Å². The summed E-state index contributed by atoms with van der Waals surface area (Å²) >= 11 is 5.47. The van der Waals surface area contributed by atoms with Gasteiger partial charge in [-0.05, 0) is 13.0 Å². The summed E-state index contributed by atoms with van der Waals surface area (Å²) < 4.78 is 17.6. The summed E-state index contributed by atoms with van der Waals surface area (Å²) in [7, 11) is 1.51. The first-order valence-corrected chi connectivity index (χ1v) is 3.84. The van der Waals surface area contributed by atoms with E-state index >= 15 is 0 Å². The normalized spacial score (nSPS) is 13.8. The first-order valence-electron chi connectivity index (χ1n) is 3.31. The van der Waals surface area contributed by atoms with Crippen molar-refractivity contribution < 1.29 is 9.13 Å². The van der Waals surface area contributed by atoms with Crippen LogP contribution in [0.1, 0.15) is 6.92 Å². The van der Waals surface area contributed by atoms with Gasteiger partial charge in [-0.15, -0.1) is 11.6 Å². The summed E-state index contributed by atoms with van der Waals surface area (Å²) in [6, 6.07) is 0. The Morgan fingerprint density at radius 2 is 2.27 bits per heavy atom. The molecular weight excluding hydrogens is 167 g/mol. The molecule has 64 valence electrons. The van der Waals surface area contributed by atoms with Crippen LogP contribution < -0.4 is 0 Å². The van der Waals surface area contributed by atoms with Crippen molar-refractivity contribution in [1.29, 1.82) is 0 Å². The Bertz CT molecular complexity index is 163. The van der Waals surface area contributed by atoms with Crippen molar-refractivity contribution in [3.8, 4) is 0 Å². The second-order valence-corrected chi connectivity index (χ2v) is 2.29. The largest absolute Gasteiger partial charge is 0.380 e. The molecule has 0 aromatic rings. The van der Waals surface area contributed by atoms with Gasteiger partial charge in [0.15, 0.2) is 0 Å². The third kappa shape index (κ3) is 4.17. The lowest BCUT2D eigenvalue weighted by molar-refractivity contribution is 0.224. The van der Waals surface area contributed by atoms with Crippen molar-refractivity contribution in [2.75, 3.05) is 19.6 Å². The van der Waals surface area contributed by atoms with Crippen LogP contribution in [-0.4, -0.2) is 19.6 Å². The van der Waals surface area contributed by atoms with Gasteiger partial charge in [0, 0.05) is 18.6 Å². The van der Waals surface area contributed by atoms with Gasteiger partial charge in [-0.3, -0.25) is 0 Å². The second-order valence-electron chi connectivity index (χ2n) is 2.02. The molecule has 0 saturated heterocycles. The Balaban J connectivity index is 4.26. The molecular formula is C8H12ClFO. The highest BCUT2D eigenvalue weighted by Crippen LogP contribution is 2.09. The van der Waals surface area contributed by atoms with Gasteiger partial charge in [0.1, 0.15) is 5.83 Å². The van der Waals surface area contributed by atoms with Crippen LogP contribution in [0.25, 0.3) is 0 Å². The number of hydrogen-bond donors (Lipinski definition) is 0. The first-order chi connectivity index (χ1) is 5.26. The number of halogens is 2. The van der Waals surface area contributed by atoms with Gasteiger partial charge in [0.05, 0.1) is 6.61 Å². The minimum atomic E-state index is -0.302. The van der Waals surface area contributed by atoms with Gasteiger partial charge in [-0.2, -0.15) is 0 Å². The van der Waals surface area contributed by atoms with E-state index in [9.17, 15) is 4.39 Å². The number of ether oxygens (including phenoxy) is 1. The van der Waals surface area contributed by atoms with Crippen LogP contribution in [0.4, 0.5) is 4.39 Å². The standard InChI is InChI=1S/C8H12ClFO/c1-3-4-8(10)7(5-9)6-11-2/h3-4H,5-6H2,1-2H3/b4-3-,8-7-. The zero-order valence-corrected chi connectivity index (χ0v) is 7.49. The summed E-state index contributed by atoms with van der Waals surface area (Å²) in [6.45, 7) is 2.00. The van der Waals surface area contributed by atoms with Gasteiger partial charge < -0.3 is 4.74 Å². The van der Waals surface area contributed by atoms with Crippen LogP contribution in [-0.2, 0) is 4.74 Å². The molecule has 0 bridgehead atoms. The summed E-state index contributed by atoms with van der Waals surface area (Å²) in [5, 5.41) is 0. The summed E-state index contributed by atoms with van der Waals surface area (Å²) in [5.74, 6) is -0.131. The number of allylic oxidation sites excluding steroid dienone is 3. The quantitative estimate of drug-likeness (QED) is 0.475. The molecule has 0 aliphatic rings. The monoisotopic (exact) mass is 178 g/mol. The van der Waals surface area contributed by atoms with Crippen molar-refractivity contribution in [3.05, 3.63) is 23.6 Å². The topological polar surface area (TPSA) is 9.23 Å². The van der Waals surface area contributed by atoms with E-state index in [0.29, 0.717) is 5.57 Å². The van der Waals surface area contributed by atoms with Crippen molar-refractivity contribution in [3.63, 3.8) is 0 Å². The molecule has 0 heterocycles. The van der Waals surface area contributed by atoms with E-state index in [4.69, 9.17) is 16.3 Å². The van der Waals surface area contributed by atoms with Crippen LogP contribution in [0.2, 0.25) is 0 Å². The minimum absolute atomic E-state index is 0.171. The van der Waals surface area contributed by atoms with Gasteiger partial charge in [-0.1, -0.05) is 6.08 Å². The fourth-order valence-electron chi connectivity index (χ4n) is 0.610. The summed E-state index contributed by atoms with van der Waals surface area (Å²) in [6.07, 6.45) is 2.99. The molecule has 0 aliphatic carbocycles. The molecule has 11 heavy (non-hydrogen) atoms. The van der Waals surface area contributed by atoms with E-state index in [2.05, 4.69) is 0 Å². The number of rotatable bonds is 4. The average molecular weight is 179 g/mol. The molecule has 0 aliphatic heterocycles. The van der Waals surface area contributed by atoms with Crippen LogP contribution in [0.5, 0.6) is 0 Å². The van der Waals surface area contributed by atoms with E-state index in [1.807, 2.05) is 0 Å². The van der Waals surface area contributed by atoms with Gasteiger partial charge in [-0.25, -0.2) is 4.39 Å². The smallest absolute Gasteiger partial charge is 0.125 e. The van der Waals surface area contributed by atoms with E-state index in [1.165, 1.54) is 13.2 Å². The fourth-order valence-corrected chi connectivity index (χ4v) is 0.815. The minimum Gasteiger partial charge on any atom is -0.380 e. The molecule has 0 unspecified atom stereocenters. The van der Waals surface area contributed by atoms with Crippen molar-refractivity contribution in [2.24, 2.45) is 0 Å². The van der Waals surface area contributed by atoms with Gasteiger partial charge in [0.2, 0.25) is 0 Å². The molecule has 0 saturated carbocycles. The van der Waals surface area contributed by atoms with Crippen molar-refractivity contribution in [2.45, 2.75) is 6.92 Å². The molecule has 0 fully saturated rings. The molecule has 0 aromatic heterocycles. The van der Waals surface area contributed by atoms with E-state index in [0.717, 1.165) is 0 Å². The van der Waals surface area contributed by atoms with Gasteiger partial charge >= 0.3 is 0 Å². The van der Waals surface area contributed by atoms with Crippen molar-refractivity contribution >= 4 is 11.6 Å². The van der Waals surface area contributed by atoms with Crippen LogP contribution >= 0.6 is 11.6 Å². The predicted molar refractivity (Wildman–Crippen MR) is 45.5 cm³/mol. The Morgan fingerprint density at radius 3 is 2.64 bits per heavy atom. The molecule has 0 amide bonds. The molecule has 0 N–H and O–H groups in total. The zero-order valence-electron chi connectivity index (χ0n) is 6.73. The SMILES string of the molecule is C/C=C\C(F)=C(/CCl)COC. The summed E-state index contributed by atoms with van der Waals surface area (Å²) in [5.41, 5.74) is 0.479. The third-order valence-corrected chi connectivity index (χ3v) is 1.45. The van der Waals surface area contributed by atoms with Crippen molar-refractivity contribution in [1.82, 2.24) is 0 Å². The lowest BCUT2D eigenvalue weighted by Crippen LogP contribution is -1.97. The molecule has 0 aromatic carbocycles. The third-order valence-electron chi connectivity index (χ3n) is 1.13. The second kappa shape index (κ2) is 6.38. The van der Waals surface area contributed by atoms with Crippen LogP contribution in [0.3, 0.4) is 0 Å². The highest BCUT2D eigenvalue weighted by Gasteiger charge is 2.00. The maximum absolute atomic E-state index is 12.9. The number of alkyl halides is 1. The molecule has 0 spiro atoms. The Labute approximate surface area is 71.5 Å². The molecule has 1 nitrogen and oxygen atoms in total. The molecule has 0 radical (unpaired) electrons. The van der Waals surface area contributed by atoms with E-state index in [-0.39, 0.29) is 18.3 Å². The van der Waals surface area contributed by atoms with E-state index in [1.54, 1.807) is 13.0 Å². The first kappa shape index (κ1) is 10.7. The molecule has 0 rings (SSSR count). The number of methoxy groups -OCH3 is 1. The highest BCUT2D eigenvalue weighted by molar-refractivity contribution is 6.19. The zero-order chi connectivity index (χ0) is 8.69. The molecule has 0 atom stereocenters. The Hall–Kier alpha value is -0.340. The molecule has 3 heteroatoms. The number of hydrogen-bond acceptors (Lipinski definition) is 1. The van der Waals surface area contributed by atoms with Crippen LogP contribution in [0, 0.1) is 0 Å². The maximum Gasteiger partial charge on any atom is 0.125 e. The van der Waals surface area contributed by atoms with E-state index < -0.39 is 0 Å². The highest BCUT2D eigenvalue weighted by atomic mass is 35.5. The lowest BCUT2D eigenvalue weighted by atomic mass is 10.2. The van der Waals surface area contributed by atoms with Crippen LogP contribution in [0.15, 0.2) is 23.6 Å². The maximum atomic E-state index is 12.9. The Morgan fingerprint density at radius 1 is 1.64 bits per heavy atom. The summed E-state index contributed by atoms with van der Waals surface area (Å²) in [4.78, 5) is 0.